The highest BCUT2D eigenvalue weighted by molar-refractivity contribution is 7.92. The van der Waals surface area contributed by atoms with Crippen molar-refractivity contribution in [1.29, 1.82) is 0 Å². The summed E-state index contributed by atoms with van der Waals surface area (Å²) in [6, 6.07) is 3.06. The summed E-state index contributed by atoms with van der Waals surface area (Å²) in [5.41, 5.74) is -0.809. The van der Waals surface area contributed by atoms with Crippen molar-refractivity contribution < 1.29 is 21.6 Å². The molecule has 0 aliphatic carbocycles. The van der Waals surface area contributed by atoms with Gasteiger partial charge in [0, 0.05) is 0 Å². The van der Waals surface area contributed by atoms with Crippen LogP contribution in [0.25, 0.3) is 0 Å². The van der Waals surface area contributed by atoms with E-state index in [1.165, 1.54) is 12.1 Å². The van der Waals surface area contributed by atoms with Gasteiger partial charge in [0.15, 0.2) is 9.84 Å². The topological polar surface area (TPSA) is 34.1 Å². The van der Waals surface area contributed by atoms with Gasteiger partial charge in [0.25, 0.3) is 0 Å². The van der Waals surface area contributed by atoms with Gasteiger partial charge in [-0.2, -0.15) is 13.2 Å². The minimum Gasteiger partial charge on any atom is -0.222 e. The molecule has 1 aromatic rings. The Kier molecular flexibility index (Phi) is 4.90. The molecule has 0 saturated heterocycles. The highest BCUT2D eigenvalue weighted by atomic mass is 35.5. The largest absolute Gasteiger partial charge is 0.416 e. The Morgan fingerprint density at radius 1 is 1.32 bits per heavy atom. The molecule has 7 heteroatoms. The lowest BCUT2D eigenvalue weighted by Crippen LogP contribution is -2.13. The quantitative estimate of drug-likeness (QED) is 0.781. The number of benzene rings is 1. The van der Waals surface area contributed by atoms with Crippen molar-refractivity contribution in [3.63, 3.8) is 0 Å². The van der Waals surface area contributed by atoms with Crippen LogP contribution in [0.2, 0.25) is 0 Å². The highest BCUT2D eigenvalue weighted by Crippen LogP contribution is 2.37. The van der Waals surface area contributed by atoms with Crippen LogP contribution in [0.15, 0.2) is 23.1 Å². The van der Waals surface area contributed by atoms with Gasteiger partial charge in [-0.3, -0.25) is 0 Å². The molecule has 1 atom stereocenters. The molecule has 0 N–H and O–H groups in total. The molecular weight excluding hydrogens is 301 g/mol. The molecule has 108 valence electrons. The second kappa shape index (κ2) is 5.71. The van der Waals surface area contributed by atoms with Crippen LogP contribution in [0.4, 0.5) is 13.2 Å². The summed E-state index contributed by atoms with van der Waals surface area (Å²) in [5, 5.41) is -0.743. The van der Waals surface area contributed by atoms with Crippen LogP contribution in [0.5, 0.6) is 0 Å². The molecule has 0 spiro atoms. The van der Waals surface area contributed by atoms with E-state index in [2.05, 4.69) is 0 Å². The maximum atomic E-state index is 13.0. The predicted octanol–water partition coefficient (Wildman–Crippen LogP) is 4.19. The van der Waals surface area contributed by atoms with Crippen LogP contribution in [0, 0.1) is 0 Å². The van der Waals surface area contributed by atoms with E-state index in [9.17, 15) is 21.6 Å². The fourth-order valence-corrected chi connectivity index (χ4v) is 2.76. The standard InChI is InChI=1S/C12H14ClF3O2S/c1-3-8(2)10-5-4-9(19(17,18)7-13)6-11(10)12(14,15)16/h4-6,8H,3,7H2,1-2H3. The van der Waals surface area contributed by atoms with Crippen molar-refractivity contribution in [2.45, 2.75) is 37.3 Å². The number of rotatable bonds is 4. The van der Waals surface area contributed by atoms with E-state index >= 15 is 0 Å². The normalized spacial score (nSPS) is 14.4. The Morgan fingerprint density at radius 3 is 2.32 bits per heavy atom. The molecule has 0 fully saturated rings. The fourth-order valence-electron chi connectivity index (χ4n) is 1.69. The minimum absolute atomic E-state index is 0.100. The van der Waals surface area contributed by atoms with Gasteiger partial charge >= 0.3 is 6.18 Å². The van der Waals surface area contributed by atoms with Gasteiger partial charge in [-0.15, -0.1) is 11.6 Å². The third kappa shape index (κ3) is 3.63. The van der Waals surface area contributed by atoms with Crippen LogP contribution in [-0.4, -0.2) is 13.6 Å². The van der Waals surface area contributed by atoms with Crippen LogP contribution in [-0.2, 0) is 16.0 Å². The Morgan fingerprint density at radius 2 is 1.89 bits per heavy atom. The number of sulfone groups is 1. The SMILES string of the molecule is CCC(C)c1ccc(S(=O)(=O)CCl)cc1C(F)(F)F. The first-order valence-electron chi connectivity index (χ1n) is 5.63. The van der Waals surface area contributed by atoms with Crippen LogP contribution >= 0.6 is 11.6 Å². The summed E-state index contributed by atoms with van der Waals surface area (Å²) < 4.78 is 62.0. The molecule has 0 saturated carbocycles. The van der Waals surface area contributed by atoms with Gasteiger partial charge in [-0.1, -0.05) is 19.9 Å². The van der Waals surface area contributed by atoms with Gasteiger partial charge < -0.3 is 0 Å². The molecule has 0 aromatic heterocycles. The second-order valence-electron chi connectivity index (χ2n) is 4.28. The molecule has 1 aromatic carbocycles. The summed E-state index contributed by atoms with van der Waals surface area (Å²) in [6.07, 6.45) is -4.05. The molecule has 19 heavy (non-hydrogen) atoms. The van der Waals surface area contributed by atoms with Gasteiger partial charge in [0.2, 0.25) is 0 Å². The van der Waals surface area contributed by atoms with Crippen molar-refractivity contribution in [1.82, 2.24) is 0 Å². The van der Waals surface area contributed by atoms with Crippen molar-refractivity contribution in [2.75, 3.05) is 5.21 Å². The first-order valence-corrected chi connectivity index (χ1v) is 7.82. The fraction of sp³-hybridized carbons (Fsp3) is 0.500. The zero-order chi connectivity index (χ0) is 14.8. The number of alkyl halides is 4. The third-order valence-electron chi connectivity index (χ3n) is 2.98. The van der Waals surface area contributed by atoms with E-state index in [-0.39, 0.29) is 11.5 Å². The van der Waals surface area contributed by atoms with Crippen molar-refractivity contribution >= 4 is 21.4 Å². The molecule has 1 unspecified atom stereocenters. The lowest BCUT2D eigenvalue weighted by Gasteiger charge is -2.18. The lowest BCUT2D eigenvalue weighted by molar-refractivity contribution is -0.138. The zero-order valence-corrected chi connectivity index (χ0v) is 12.0. The van der Waals surface area contributed by atoms with Gasteiger partial charge in [-0.05, 0) is 30.0 Å². The average Bonchev–Trinajstić information content (AvgIpc) is 2.36. The van der Waals surface area contributed by atoms with Crippen molar-refractivity contribution in [3.05, 3.63) is 29.3 Å². The lowest BCUT2D eigenvalue weighted by atomic mass is 9.93. The number of halogens is 4. The second-order valence-corrected chi connectivity index (χ2v) is 6.85. The summed E-state index contributed by atoms with van der Waals surface area (Å²) in [4.78, 5) is -0.401. The summed E-state index contributed by atoms with van der Waals surface area (Å²) in [5.74, 6) is -0.301. The Bertz CT molecular complexity index is 553. The Labute approximate surface area is 115 Å². The average molecular weight is 315 g/mol. The smallest absolute Gasteiger partial charge is 0.222 e. The maximum Gasteiger partial charge on any atom is 0.416 e. The molecule has 2 nitrogen and oxygen atoms in total. The first kappa shape index (κ1) is 16.3. The van der Waals surface area contributed by atoms with E-state index in [1.807, 2.05) is 0 Å². The summed E-state index contributed by atoms with van der Waals surface area (Å²) in [7, 11) is -3.86. The third-order valence-corrected chi connectivity index (χ3v) is 5.10. The van der Waals surface area contributed by atoms with E-state index < -0.39 is 31.7 Å². The molecule has 1 rings (SSSR count). The number of hydrogen-bond acceptors (Lipinski definition) is 2. The van der Waals surface area contributed by atoms with Gasteiger partial charge in [0.1, 0.15) is 5.21 Å². The summed E-state index contributed by atoms with van der Waals surface area (Å²) in [6.45, 7) is 3.44. The molecule has 0 aliphatic rings. The number of hydrogen-bond donors (Lipinski definition) is 0. The maximum absolute atomic E-state index is 13.0. The van der Waals surface area contributed by atoms with Crippen LogP contribution in [0.1, 0.15) is 37.3 Å². The molecule has 0 bridgehead atoms. The van der Waals surface area contributed by atoms with Crippen LogP contribution < -0.4 is 0 Å². The van der Waals surface area contributed by atoms with E-state index in [0.717, 1.165) is 0 Å². The van der Waals surface area contributed by atoms with Crippen molar-refractivity contribution in [2.24, 2.45) is 0 Å². The molecule has 0 aliphatic heterocycles. The predicted molar refractivity (Wildman–Crippen MR) is 68.1 cm³/mol. The van der Waals surface area contributed by atoms with E-state index in [0.29, 0.717) is 12.5 Å². The molecule has 0 heterocycles. The molecule has 0 radical (unpaired) electrons. The van der Waals surface area contributed by atoms with E-state index in [1.54, 1.807) is 13.8 Å². The van der Waals surface area contributed by atoms with Gasteiger partial charge in [0.05, 0.1) is 10.5 Å². The highest BCUT2D eigenvalue weighted by Gasteiger charge is 2.35. The van der Waals surface area contributed by atoms with Gasteiger partial charge in [-0.25, -0.2) is 8.42 Å². The Hall–Kier alpha value is -0.750. The van der Waals surface area contributed by atoms with E-state index in [4.69, 9.17) is 11.6 Å². The minimum atomic E-state index is -4.59. The first-order chi connectivity index (χ1) is 8.63. The zero-order valence-electron chi connectivity index (χ0n) is 10.5. The Balaban J connectivity index is 3.49. The molecular formula is C12H14ClF3O2S. The van der Waals surface area contributed by atoms with Crippen molar-refractivity contribution in [3.8, 4) is 0 Å². The van der Waals surface area contributed by atoms with Crippen LogP contribution in [0.3, 0.4) is 0 Å². The molecule has 0 amide bonds. The summed E-state index contributed by atoms with van der Waals surface area (Å²) >= 11 is 5.25. The monoisotopic (exact) mass is 314 g/mol.